The van der Waals surface area contributed by atoms with Crippen molar-refractivity contribution in [2.75, 3.05) is 0 Å². The van der Waals surface area contributed by atoms with Crippen molar-refractivity contribution in [1.82, 2.24) is 5.32 Å². The number of urea groups is 1. The number of fused-ring (bicyclic) bond motifs is 1. The smallest absolute Gasteiger partial charge is 0.312 e. The molecule has 15 heavy (non-hydrogen) atoms. The minimum absolute atomic E-state index is 0.441. The lowest BCUT2D eigenvalue weighted by Crippen LogP contribution is -2.29. The van der Waals surface area contributed by atoms with Gasteiger partial charge in [0.15, 0.2) is 6.20 Å². The van der Waals surface area contributed by atoms with Crippen molar-refractivity contribution in [1.29, 1.82) is 0 Å². The van der Waals surface area contributed by atoms with E-state index in [-0.39, 0.29) is 0 Å². The van der Waals surface area contributed by atoms with Crippen LogP contribution in [0.5, 0.6) is 0 Å². The predicted molar refractivity (Wildman–Crippen MR) is 56.9 cm³/mol. The van der Waals surface area contributed by atoms with Crippen molar-refractivity contribution in [3.8, 4) is 0 Å². The van der Waals surface area contributed by atoms with Gasteiger partial charge in [-0.2, -0.15) is 0 Å². The zero-order valence-corrected chi connectivity index (χ0v) is 8.16. The molecule has 0 unspecified atom stereocenters. The third-order valence-electron chi connectivity index (χ3n) is 2.18. The number of rotatable bonds is 2. The highest BCUT2D eigenvalue weighted by atomic mass is 16.2. The quantitative estimate of drug-likeness (QED) is 0.743. The van der Waals surface area contributed by atoms with E-state index in [4.69, 9.17) is 5.73 Å². The second-order valence-corrected chi connectivity index (χ2v) is 3.31. The summed E-state index contributed by atoms with van der Waals surface area (Å²) in [5.41, 5.74) is 7.06. The average molecular weight is 202 g/mol. The maximum atomic E-state index is 10.5. The molecule has 2 amide bonds. The third kappa shape index (κ3) is 2.22. The van der Waals surface area contributed by atoms with Crippen molar-refractivity contribution >= 4 is 16.9 Å². The first-order chi connectivity index (χ1) is 7.25. The number of aromatic nitrogens is 1. The van der Waals surface area contributed by atoms with Crippen molar-refractivity contribution < 1.29 is 9.78 Å². The van der Waals surface area contributed by atoms with Gasteiger partial charge in [-0.15, -0.1) is 0 Å². The van der Waals surface area contributed by atoms with E-state index < -0.39 is 6.03 Å². The molecule has 0 spiro atoms. The van der Waals surface area contributed by atoms with E-state index in [1.165, 1.54) is 0 Å². The Labute approximate surface area is 87.1 Å². The molecule has 4 nitrogen and oxygen atoms in total. The first-order valence-corrected chi connectivity index (χ1v) is 4.68. The third-order valence-corrected chi connectivity index (χ3v) is 2.18. The van der Waals surface area contributed by atoms with Crippen LogP contribution in [0.4, 0.5) is 4.79 Å². The second kappa shape index (κ2) is 3.96. The second-order valence-electron chi connectivity index (χ2n) is 3.31. The van der Waals surface area contributed by atoms with E-state index in [1.54, 1.807) is 0 Å². The monoisotopic (exact) mass is 202 g/mol. The van der Waals surface area contributed by atoms with Gasteiger partial charge in [-0.3, -0.25) is 0 Å². The lowest BCUT2D eigenvalue weighted by Gasteiger charge is -1.99. The number of hydrogen-bond donors (Lipinski definition) is 2. The number of carbonyl (C=O) groups is 1. The summed E-state index contributed by atoms with van der Waals surface area (Å²) in [6.07, 6.45) is 1.86. The lowest BCUT2D eigenvalue weighted by atomic mass is 10.1. The molecule has 2 rings (SSSR count). The highest BCUT2D eigenvalue weighted by Crippen LogP contribution is 2.09. The van der Waals surface area contributed by atoms with Crippen LogP contribution in [0.3, 0.4) is 0 Å². The van der Waals surface area contributed by atoms with Gasteiger partial charge in [0.25, 0.3) is 0 Å². The van der Waals surface area contributed by atoms with Gasteiger partial charge in [0.05, 0.1) is 6.54 Å². The van der Waals surface area contributed by atoms with E-state index in [2.05, 4.69) is 10.3 Å². The number of H-pyrrole nitrogens is 1. The SMILES string of the molecule is NC(=O)NCc1c[nH+]c2ccccc2c1. The Morgan fingerprint density at radius 3 is 3.00 bits per heavy atom. The summed E-state index contributed by atoms with van der Waals surface area (Å²) < 4.78 is 0. The molecule has 76 valence electrons. The zero-order chi connectivity index (χ0) is 10.7. The summed E-state index contributed by atoms with van der Waals surface area (Å²) in [7, 11) is 0. The molecule has 1 heterocycles. The fraction of sp³-hybridized carbons (Fsp3) is 0.0909. The Hall–Kier alpha value is -2.10. The van der Waals surface area contributed by atoms with Crippen LogP contribution in [0.1, 0.15) is 5.56 Å². The standard InChI is InChI=1S/C11H11N3O/c12-11(15)14-7-8-5-9-3-1-2-4-10(9)13-6-8/h1-6H,7H2,(H3,12,14,15)/p+1. The van der Waals surface area contributed by atoms with E-state index in [0.717, 1.165) is 16.5 Å². The highest BCUT2D eigenvalue weighted by molar-refractivity contribution is 5.76. The van der Waals surface area contributed by atoms with Gasteiger partial charge in [0, 0.05) is 17.0 Å². The van der Waals surface area contributed by atoms with Crippen LogP contribution in [0.2, 0.25) is 0 Å². The molecule has 0 saturated carbocycles. The van der Waals surface area contributed by atoms with Gasteiger partial charge < -0.3 is 11.1 Å². The predicted octanol–water partition coefficient (Wildman–Crippen LogP) is 0.822. The van der Waals surface area contributed by atoms with Crippen LogP contribution in [-0.2, 0) is 6.54 Å². The number of nitrogens with one attached hydrogen (secondary N) is 2. The molecule has 0 aliphatic heterocycles. The summed E-state index contributed by atoms with van der Waals surface area (Å²) in [6.45, 7) is 0.441. The maximum Gasteiger partial charge on any atom is 0.312 e. The van der Waals surface area contributed by atoms with Crippen LogP contribution in [-0.4, -0.2) is 6.03 Å². The molecule has 0 saturated heterocycles. The van der Waals surface area contributed by atoms with Crippen molar-refractivity contribution in [3.05, 3.63) is 42.1 Å². The zero-order valence-electron chi connectivity index (χ0n) is 8.16. The highest BCUT2D eigenvalue weighted by Gasteiger charge is 2.02. The maximum absolute atomic E-state index is 10.5. The Morgan fingerprint density at radius 1 is 1.40 bits per heavy atom. The molecular weight excluding hydrogens is 190 g/mol. The van der Waals surface area contributed by atoms with Crippen molar-refractivity contribution in [2.45, 2.75) is 6.54 Å². The first kappa shape index (κ1) is 9.45. The summed E-state index contributed by atoms with van der Waals surface area (Å²) in [5, 5.41) is 3.66. The largest absolute Gasteiger partial charge is 0.352 e. The molecule has 4 N–H and O–H groups in total. The molecule has 0 aliphatic rings. The number of pyridine rings is 1. The summed E-state index contributed by atoms with van der Waals surface area (Å²) in [5.74, 6) is 0. The van der Waals surface area contributed by atoms with Crippen LogP contribution in [0, 0.1) is 0 Å². The molecule has 0 fully saturated rings. The molecule has 1 aromatic carbocycles. The van der Waals surface area contributed by atoms with Crippen LogP contribution in [0.15, 0.2) is 36.5 Å². The molecule has 0 radical (unpaired) electrons. The minimum Gasteiger partial charge on any atom is -0.352 e. The van der Waals surface area contributed by atoms with Crippen LogP contribution >= 0.6 is 0 Å². The number of carbonyl (C=O) groups excluding carboxylic acids is 1. The summed E-state index contributed by atoms with van der Waals surface area (Å²) in [4.78, 5) is 13.7. The van der Waals surface area contributed by atoms with Gasteiger partial charge in [0.1, 0.15) is 0 Å². The molecule has 0 aliphatic carbocycles. The number of aromatic amines is 1. The van der Waals surface area contributed by atoms with Crippen LogP contribution in [0.25, 0.3) is 10.9 Å². The van der Waals surface area contributed by atoms with Gasteiger partial charge in [-0.1, -0.05) is 12.1 Å². The Morgan fingerprint density at radius 2 is 2.20 bits per heavy atom. The lowest BCUT2D eigenvalue weighted by molar-refractivity contribution is -0.345. The van der Waals surface area contributed by atoms with E-state index in [9.17, 15) is 4.79 Å². The van der Waals surface area contributed by atoms with Crippen molar-refractivity contribution in [3.63, 3.8) is 0 Å². The van der Waals surface area contributed by atoms with Gasteiger partial charge in [-0.25, -0.2) is 9.78 Å². The fourth-order valence-electron chi connectivity index (χ4n) is 1.46. The molecule has 1 aromatic heterocycles. The first-order valence-electron chi connectivity index (χ1n) is 4.68. The molecular formula is C11H12N3O+. The molecule has 4 heteroatoms. The van der Waals surface area contributed by atoms with Gasteiger partial charge in [-0.05, 0) is 12.1 Å². The molecule has 0 atom stereocenters. The summed E-state index contributed by atoms with van der Waals surface area (Å²) >= 11 is 0. The number of amides is 2. The Bertz CT molecular complexity index is 496. The topological polar surface area (TPSA) is 69.3 Å². The number of para-hydroxylation sites is 1. The van der Waals surface area contributed by atoms with Gasteiger partial charge in [0.2, 0.25) is 5.52 Å². The van der Waals surface area contributed by atoms with Crippen molar-refractivity contribution in [2.24, 2.45) is 5.73 Å². The Kier molecular flexibility index (Phi) is 2.49. The normalized spacial score (nSPS) is 10.1. The number of nitrogens with two attached hydrogens (primary N) is 1. The Balaban J connectivity index is 2.26. The van der Waals surface area contributed by atoms with Gasteiger partial charge >= 0.3 is 6.03 Å². The van der Waals surface area contributed by atoms with E-state index in [0.29, 0.717) is 6.54 Å². The van der Waals surface area contributed by atoms with E-state index >= 15 is 0 Å². The van der Waals surface area contributed by atoms with E-state index in [1.807, 2.05) is 36.5 Å². The number of hydrogen-bond acceptors (Lipinski definition) is 1. The number of primary amides is 1. The fourth-order valence-corrected chi connectivity index (χ4v) is 1.46. The molecule has 0 bridgehead atoms. The van der Waals surface area contributed by atoms with Crippen LogP contribution < -0.4 is 16.0 Å². The number of benzene rings is 1. The minimum atomic E-state index is -0.511. The molecule has 2 aromatic rings. The average Bonchev–Trinajstić information content (AvgIpc) is 2.26. The summed E-state index contributed by atoms with van der Waals surface area (Å²) in [6, 6.07) is 9.46.